The van der Waals surface area contributed by atoms with Gasteiger partial charge in [0, 0.05) is 0 Å². The van der Waals surface area contributed by atoms with Crippen molar-refractivity contribution in [3.8, 4) is 0 Å². The number of hydrogen-bond acceptors (Lipinski definition) is 3. The van der Waals surface area contributed by atoms with Gasteiger partial charge >= 0.3 is 6.03 Å². The van der Waals surface area contributed by atoms with Gasteiger partial charge in [-0.1, -0.05) is 0 Å². The molecule has 0 bridgehead atoms. The van der Waals surface area contributed by atoms with Crippen LogP contribution < -0.4 is 11.1 Å². The standard InChI is InChI=1S/C6H12N4O/c1-4(2)10-6(11)9-5(7)3-8-10/h3-5H,7H2,1-2H3,(H,9,11). The van der Waals surface area contributed by atoms with Crippen molar-refractivity contribution < 1.29 is 4.79 Å². The lowest BCUT2D eigenvalue weighted by Crippen LogP contribution is -2.53. The molecule has 0 aromatic heterocycles. The second-order valence-electron chi connectivity index (χ2n) is 2.68. The number of hydrogen-bond donors (Lipinski definition) is 2. The van der Waals surface area contributed by atoms with Gasteiger partial charge in [-0.15, -0.1) is 0 Å². The zero-order chi connectivity index (χ0) is 8.43. The maximum absolute atomic E-state index is 11.1. The molecule has 62 valence electrons. The molecule has 1 rings (SSSR count). The number of urea groups is 1. The molecule has 1 aliphatic rings. The van der Waals surface area contributed by atoms with Crippen molar-refractivity contribution >= 4 is 12.2 Å². The first kappa shape index (κ1) is 8.00. The Morgan fingerprint density at radius 3 is 2.91 bits per heavy atom. The van der Waals surface area contributed by atoms with Gasteiger partial charge in [-0.25, -0.2) is 9.80 Å². The average Bonchev–Trinajstić information content (AvgIpc) is 1.85. The Balaban J connectivity index is 2.68. The topological polar surface area (TPSA) is 70.7 Å². The van der Waals surface area contributed by atoms with Crippen molar-refractivity contribution in [2.24, 2.45) is 10.8 Å². The van der Waals surface area contributed by atoms with Gasteiger partial charge in [-0.3, -0.25) is 0 Å². The van der Waals surface area contributed by atoms with E-state index < -0.39 is 6.17 Å². The zero-order valence-corrected chi connectivity index (χ0v) is 6.61. The smallest absolute Gasteiger partial charge is 0.316 e. The number of nitrogens with zero attached hydrogens (tertiary/aromatic N) is 2. The molecule has 0 spiro atoms. The molecule has 3 N–H and O–H groups in total. The third kappa shape index (κ3) is 1.68. The number of carbonyl (C=O) groups excluding carboxylic acids is 1. The van der Waals surface area contributed by atoms with E-state index in [4.69, 9.17) is 5.73 Å². The molecule has 0 radical (unpaired) electrons. The van der Waals surface area contributed by atoms with Crippen LogP contribution in [-0.2, 0) is 0 Å². The van der Waals surface area contributed by atoms with E-state index in [1.54, 1.807) is 0 Å². The Morgan fingerprint density at radius 1 is 1.82 bits per heavy atom. The zero-order valence-electron chi connectivity index (χ0n) is 6.61. The van der Waals surface area contributed by atoms with E-state index in [0.717, 1.165) is 0 Å². The largest absolute Gasteiger partial charge is 0.339 e. The van der Waals surface area contributed by atoms with Gasteiger partial charge < -0.3 is 11.1 Å². The minimum Gasteiger partial charge on any atom is -0.316 e. The second-order valence-corrected chi connectivity index (χ2v) is 2.68. The number of nitrogens with one attached hydrogen (secondary N) is 1. The minimum absolute atomic E-state index is 0.0683. The summed E-state index contributed by atoms with van der Waals surface area (Å²) in [7, 11) is 0. The van der Waals surface area contributed by atoms with Crippen LogP contribution in [0.3, 0.4) is 0 Å². The number of nitrogens with two attached hydrogens (primary N) is 1. The highest BCUT2D eigenvalue weighted by atomic mass is 16.2. The van der Waals surface area contributed by atoms with Crippen LogP contribution in [0.2, 0.25) is 0 Å². The fourth-order valence-electron chi connectivity index (χ4n) is 0.810. The average molecular weight is 156 g/mol. The lowest BCUT2D eigenvalue weighted by molar-refractivity contribution is 0.180. The lowest BCUT2D eigenvalue weighted by Gasteiger charge is -2.26. The van der Waals surface area contributed by atoms with E-state index in [-0.39, 0.29) is 12.1 Å². The van der Waals surface area contributed by atoms with Gasteiger partial charge in [-0.05, 0) is 13.8 Å². The Morgan fingerprint density at radius 2 is 2.45 bits per heavy atom. The normalized spacial score (nSPS) is 24.2. The van der Waals surface area contributed by atoms with E-state index in [0.29, 0.717) is 0 Å². The van der Waals surface area contributed by atoms with Crippen LogP contribution in [0, 0.1) is 0 Å². The van der Waals surface area contributed by atoms with Crippen LogP contribution in [-0.4, -0.2) is 29.5 Å². The summed E-state index contributed by atoms with van der Waals surface area (Å²) >= 11 is 0. The van der Waals surface area contributed by atoms with E-state index in [2.05, 4.69) is 10.4 Å². The van der Waals surface area contributed by atoms with Crippen LogP contribution in [0.4, 0.5) is 4.79 Å². The lowest BCUT2D eigenvalue weighted by atomic mass is 10.4. The summed E-state index contributed by atoms with van der Waals surface area (Å²) < 4.78 is 0. The Bertz CT molecular complexity index is 189. The molecule has 2 amide bonds. The van der Waals surface area contributed by atoms with Gasteiger partial charge in [0.25, 0.3) is 0 Å². The van der Waals surface area contributed by atoms with Gasteiger partial charge in [0.1, 0.15) is 6.17 Å². The van der Waals surface area contributed by atoms with Crippen molar-refractivity contribution in [2.45, 2.75) is 26.1 Å². The Kier molecular flexibility index (Phi) is 2.09. The van der Waals surface area contributed by atoms with Gasteiger partial charge in [-0.2, -0.15) is 5.10 Å². The molecule has 0 aliphatic carbocycles. The third-order valence-electron chi connectivity index (χ3n) is 1.34. The number of carbonyl (C=O) groups is 1. The van der Waals surface area contributed by atoms with E-state index in [9.17, 15) is 4.79 Å². The monoisotopic (exact) mass is 156 g/mol. The molecular formula is C6H12N4O. The van der Waals surface area contributed by atoms with Crippen LogP contribution in [0.5, 0.6) is 0 Å². The van der Waals surface area contributed by atoms with Gasteiger partial charge in [0.2, 0.25) is 0 Å². The molecule has 0 aromatic rings. The van der Waals surface area contributed by atoms with E-state index in [1.165, 1.54) is 11.2 Å². The summed E-state index contributed by atoms with van der Waals surface area (Å²) in [5, 5.41) is 7.74. The minimum atomic E-state index is -0.447. The Labute approximate surface area is 65.2 Å². The first-order valence-electron chi connectivity index (χ1n) is 3.50. The molecule has 11 heavy (non-hydrogen) atoms. The van der Waals surface area contributed by atoms with Crippen molar-refractivity contribution in [2.75, 3.05) is 0 Å². The first-order chi connectivity index (χ1) is 5.11. The van der Waals surface area contributed by atoms with Crippen LogP contribution in [0.15, 0.2) is 5.10 Å². The summed E-state index contributed by atoms with van der Waals surface area (Å²) in [6.07, 6.45) is 1.05. The van der Waals surface area contributed by atoms with E-state index in [1.807, 2.05) is 13.8 Å². The SMILES string of the molecule is CC(C)N1N=CC(N)NC1=O. The molecule has 0 fully saturated rings. The maximum atomic E-state index is 11.1. The van der Waals surface area contributed by atoms with Crippen LogP contribution in [0.1, 0.15) is 13.8 Å². The summed E-state index contributed by atoms with van der Waals surface area (Å²) in [5.74, 6) is 0. The third-order valence-corrected chi connectivity index (χ3v) is 1.34. The predicted octanol–water partition coefficient (Wildman–Crippen LogP) is -0.309. The predicted molar refractivity (Wildman–Crippen MR) is 42.0 cm³/mol. The van der Waals surface area contributed by atoms with Crippen LogP contribution >= 0.6 is 0 Å². The molecule has 0 saturated carbocycles. The second kappa shape index (κ2) is 2.87. The summed E-state index contributed by atoms with van der Waals surface area (Å²) in [6.45, 7) is 3.77. The number of hydrazone groups is 1. The summed E-state index contributed by atoms with van der Waals surface area (Å²) in [6, 6.07) is -0.172. The fraction of sp³-hybridized carbons (Fsp3) is 0.667. The number of rotatable bonds is 1. The molecule has 5 nitrogen and oxygen atoms in total. The highest BCUT2D eigenvalue weighted by Gasteiger charge is 2.20. The maximum Gasteiger partial charge on any atom is 0.339 e. The molecule has 1 unspecified atom stereocenters. The Hall–Kier alpha value is -1.10. The van der Waals surface area contributed by atoms with Crippen LogP contribution in [0.25, 0.3) is 0 Å². The quantitative estimate of drug-likeness (QED) is 0.546. The van der Waals surface area contributed by atoms with Gasteiger partial charge in [0.15, 0.2) is 0 Å². The molecule has 0 saturated heterocycles. The highest BCUT2D eigenvalue weighted by Crippen LogP contribution is 2.01. The molecule has 1 atom stereocenters. The molecule has 1 heterocycles. The fourth-order valence-corrected chi connectivity index (χ4v) is 0.810. The van der Waals surface area contributed by atoms with Crippen molar-refractivity contribution in [1.29, 1.82) is 0 Å². The molecule has 5 heteroatoms. The molecule has 0 aromatic carbocycles. The first-order valence-corrected chi connectivity index (χ1v) is 3.50. The van der Waals surface area contributed by atoms with Crippen molar-refractivity contribution in [1.82, 2.24) is 10.3 Å². The van der Waals surface area contributed by atoms with E-state index >= 15 is 0 Å². The summed E-state index contributed by atoms with van der Waals surface area (Å²) in [4.78, 5) is 11.1. The van der Waals surface area contributed by atoms with Gasteiger partial charge in [0.05, 0.1) is 12.3 Å². The van der Waals surface area contributed by atoms with Crippen molar-refractivity contribution in [3.05, 3.63) is 0 Å². The molecule has 1 aliphatic heterocycles. The highest BCUT2D eigenvalue weighted by molar-refractivity contribution is 5.82. The summed E-state index contributed by atoms with van der Waals surface area (Å²) in [5.41, 5.74) is 5.38. The number of amides is 2. The molecular weight excluding hydrogens is 144 g/mol. The van der Waals surface area contributed by atoms with Crippen molar-refractivity contribution in [3.63, 3.8) is 0 Å².